The molecule has 3 aromatic carbocycles. The highest BCUT2D eigenvalue weighted by molar-refractivity contribution is 7.89. The van der Waals surface area contributed by atoms with Crippen molar-refractivity contribution in [3.05, 3.63) is 98.3 Å². The van der Waals surface area contributed by atoms with E-state index < -0.39 is 20.9 Å². The van der Waals surface area contributed by atoms with Crippen molar-refractivity contribution in [2.75, 3.05) is 6.54 Å². The SMILES string of the molecule is Cn1c(=NC(=O)c2ccc(S(=O)(=O)N3CCc4ccccc4C3)cc2)sc2ccc([N+](=O)[O-])cc21. The zero-order chi connectivity index (χ0) is 24.7. The number of nitrogens with zero attached hydrogens (tertiary/aromatic N) is 4. The van der Waals surface area contributed by atoms with Crippen LogP contribution in [0.15, 0.2) is 76.6 Å². The summed E-state index contributed by atoms with van der Waals surface area (Å²) in [5.74, 6) is -0.530. The number of amides is 1. The predicted molar refractivity (Wildman–Crippen MR) is 132 cm³/mol. The first kappa shape index (κ1) is 23.1. The van der Waals surface area contributed by atoms with Gasteiger partial charge in [0.05, 0.1) is 20.0 Å². The number of carbonyl (C=O) groups is 1. The van der Waals surface area contributed by atoms with Crippen LogP contribution in [0.4, 0.5) is 5.69 Å². The standard InChI is InChI=1S/C24H20N4O5S2/c1-26-21-14-19(28(30)31)8-11-22(21)34-24(26)25-23(29)17-6-9-20(10-7-17)35(32,33)27-13-12-16-4-2-3-5-18(16)15-27/h2-11,14H,12-13,15H2,1H3. The Morgan fingerprint density at radius 3 is 2.49 bits per heavy atom. The third kappa shape index (κ3) is 4.29. The van der Waals surface area contributed by atoms with E-state index in [9.17, 15) is 23.3 Å². The number of fused-ring (bicyclic) bond motifs is 2. The number of aromatic nitrogens is 1. The van der Waals surface area contributed by atoms with Crippen molar-refractivity contribution in [3.63, 3.8) is 0 Å². The molecule has 4 aromatic rings. The van der Waals surface area contributed by atoms with Gasteiger partial charge in [0.2, 0.25) is 10.0 Å². The third-order valence-electron chi connectivity index (χ3n) is 6.03. The van der Waals surface area contributed by atoms with Gasteiger partial charge < -0.3 is 4.57 Å². The lowest BCUT2D eigenvalue weighted by atomic mass is 10.0. The number of nitro groups is 1. The highest BCUT2D eigenvalue weighted by atomic mass is 32.2. The van der Waals surface area contributed by atoms with Crippen LogP contribution in [0.1, 0.15) is 21.5 Å². The molecule has 0 bridgehead atoms. The molecule has 5 rings (SSSR count). The molecule has 1 aliphatic heterocycles. The number of carbonyl (C=O) groups excluding carboxylic acids is 1. The van der Waals surface area contributed by atoms with Crippen molar-refractivity contribution in [2.24, 2.45) is 12.0 Å². The Bertz CT molecular complexity index is 1650. The molecule has 0 saturated carbocycles. The van der Waals surface area contributed by atoms with Gasteiger partial charge in [-0.2, -0.15) is 9.30 Å². The second-order valence-electron chi connectivity index (χ2n) is 8.15. The van der Waals surface area contributed by atoms with Crippen LogP contribution in [0.25, 0.3) is 10.2 Å². The topological polar surface area (TPSA) is 115 Å². The van der Waals surface area contributed by atoms with Gasteiger partial charge in [-0.05, 0) is 47.9 Å². The summed E-state index contributed by atoms with van der Waals surface area (Å²) in [4.78, 5) is 28.0. The number of thiazole rings is 1. The van der Waals surface area contributed by atoms with Crippen LogP contribution in [0.5, 0.6) is 0 Å². The predicted octanol–water partition coefficient (Wildman–Crippen LogP) is 3.64. The Hall–Kier alpha value is -3.67. The lowest BCUT2D eigenvalue weighted by Crippen LogP contribution is -2.35. The molecule has 2 heterocycles. The minimum absolute atomic E-state index is 0.0437. The molecule has 1 amide bonds. The van der Waals surface area contributed by atoms with E-state index >= 15 is 0 Å². The zero-order valence-corrected chi connectivity index (χ0v) is 20.3. The molecule has 1 aromatic heterocycles. The van der Waals surface area contributed by atoms with Crippen LogP contribution in [-0.2, 0) is 30.0 Å². The molecule has 0 N–H and O–H groups in total. The first-order valence-corrected chi connectivity index (χ1v) is 13.0. The van der Waals surface area contributed by atoms with E-state index in [-0.39, 0.29) is 16.1 Å². The van der Waals surface area contributed by atoms with Crippen LogP contribution in [0.2, 0.25) is 0 Å². The summed E-state index contributed by atoms with van der Waals surface area (Å²) in [6, 6.07) is 18.0. The Balaban J connectivity index is 1.40. The second-order valence-corrected chi connectivity index (χ2v) is 11.1. The van der Waals surface area contributed by atoms with Gasteiger partial charge in [-0.25, -0.2) is 8.42 Å². The highest BCUT2D eigenvalue weighted by Crippen LogP contribution is 2.25. The molecule has 1 aliphatic rings. The fraction of sp³-hybridized carbons (Fsp3) is 0.167. The van der Waals surface area contributed by atoms with Crippen LogP contribution in [-0.4, -0.2) is 34.7 Å². The molecule has 0 saturated heterocycles. The summed E-state index contributed by atoms with van der Waals surface area (Å²) in [5.41, 5.74) is 2.95. The van der Waals surface area contributed by atoms with Crippen LogP contribution in [0.3, 0.4) is 0 Å². The maximum absolute atomic E-state index is 13.2. The van der Waals surface area contributed by atoms with E-state index in [2.05, 4.69) is 4.99 Å². The number of benzene rings is 3. The summed E-state index contributed by atoms with van der Waals surface area (Å²) in [6.45, 7) is 0.713. The summed E-state index contributed by atoms with van der Waals surface area (Å²) < 4.78 is 30.1. The average molecular weight is 509 g/mol. The monoisotopic (exact) mass is 508 g/mol. The fourth-order valence-corrected chi connectivity index (χ4v) is 6.50. The molecular weight excluding hydrogens is 488 g/mol. The zero-order valence-electron chi connectivity index (χ0n) is 18.6. The number of nitro benzene ring substituents is 1. The summed E-state index contributed by atoms with van der Waals surface area (Å²) in [6.07, 6.45) is 0.653. The maximum atomic E-state index is 13.2. The van der Waals surface area contributed by atoms with Gasteiger partial charge in [-0.15, -0.1) is 0 Å². The second kappa shape index (κ2) is 8.84. The minimum Gasteiger partial charge on any atom is -0.319 e. The molecule has 35 heavy (non-hydrogen) atoms. The van der Waals surface area contributed by atoms with Crippen molar-refractivity contribution in [2.45, 2.75) is 17.9 Å². The smallest absolute Gasteiger partial charge is 0.279 e. The number of non-ortho nitro benzene ring substituents is 1. The normalized spacial score (nSPS) is 14.7. The van der Waals surface area contributed by atoms with Crippen molar-refractivity contribution in [1.29, 1.82) is 0 Å². The van der Waals surface area contributed by atoms with Gasteiger partial charge in [-0.1, -0.05) is 35.6 Å². The molecule has 0 spiro atoms. The Morgan fingerprint density at radius 2 is 1.77 bits per heavy atom. The molecule has 0 atom stereocenters. The summed E-state index contributed by atoms with van der Waals surface area (Å²) >= 11 is 1.24. The molecule has 0 fully saturated rings. The van der Waals surface area contributed by atoms with Gasteiger partial charge >= 0.3 is 0 Å². The van der Waals surface area contributed by atoms with Crippen molar-refractivity contribution >= 4 is 43.2 Å². The van der Waals surface area contributed by atoms with E-state index in [4.69, 9.17) is 0 Å². The lowest BCUT2D eigenvalue weighted by Gasteiger charge is -2.28. The maximum Gasteiger partial charge on any atom is 0.279 e. The molecule has 11 heteroatoms. The third-order valence-corrected chi connectivity index (χ3v) is 9.01. The number of rotatable bonds is 4. The summed E-state index contributed by atoms with van der Waals surface area (Å²) in [5, 5.41) is 11.1. The van der Waals surface area contributed by atoms with Crippen LogP contribution in [0, 0.1) is 10.1 Å². The first-order chi connectivity index (χ1) is 16.7. The van der Waals surface area contributed by atoms with E-state index in [1.165, 1.54) is 52.0 Å². The van der Waals surface area contributed by atoms with Gasteiger partial charge in [0.25, 0.3) is 11.6 Å². The molecule has 0 aliphatic carbocycles. The number of hydrogen-bond acceptors (Lipinski definition) is 6. The van der Waals surface area contributed by atoms with Crippen LogP contribution < -0.4 is 4.80 Å². The Kier molecular flexibility index (Phi) is 5.83. The number of sulfonamides is 1. The molecule has 178 valence electrons. The quantitative estimate of drug-likeness (QED) is 0.308. The largest absolute Gasteiger partial charge is 0.319 e. The highest BCUT2D eigenvalue weighted by Gasteiger charge is 2.28. The summed E-state index contributed by atoms with van der Waals surface area (Å²) in [7, 11) is -2.03. The number of aryl methyl sites for hydroxylation is 1. The number of hydrogen-bond donors (Lipinski definition) is 0. The fourth-order valence-electron chi connectivity index (χ4n) is 4.08. The molecule has 0 radical (unpaired) electrons. The Labute approximate surface area is 204 Å². The minimum atomic E-state index is -3.71. The van der Waals surface area contributed by atoms with Crippen molar-refractivity contribution < 1.29 is 18.1 Å². The van der Waals surface area contributed by atoms with Gasteiger partial charge in [-0.3, -0.25) is 14.9 Å². The molecule has 0 unspecified atom stereocenters. The van der Waals surface area contributed by atoms with E-state index in [1.807, 2.05) is 24.3 Å². The van der Waals surface area contributed by atoms with Crippen LogP contribution >= 0.6 is 11.3 Å². The first-order valence-electron chi connectivity index (χ1n) is 10.7. The van der Waals surface area contributed by atoms with E-state index in [1.54, 1.807) is 17.7 Å². The van der Waals surface area contributed by atoms with Crippen molar-refractivity contribution in [1.82, 2.24) is 8.87 Å². The van der Waals surface area contributed by atoms with Gasteiger partial charge in [0.1, 0.15) is 0 Å². The average Bonchev–Trinajstić information content (AvgIpc) is 3.18. The van der Waals surface area contributed by atoms with E-state index in [0.29, 0.717) is 29.8 Å². The van der Waals surface area contributed by atoms with E-state index in [0.717, 1.165) is 15.8 Å². The molecular formula is C24H20N4O5S2. The Morgan fingerprint density at radius 1 is 1.06 bits per heavy atom. The van der Waals surface area contributed by atoms with Gasteiger partial charge in [0, 0.05) is 37.8 Å². The van der Waals surface area contributed by atoms with Crippen molar-refractivity contribution in [3.8, 4) is 0 Å². The van der Waals surface area contributed by atoms with Gasteiger partial charge in [0.15, 0.2) is 4.80 Å². The lowest BCUT2D eigenvalue weighted by molar-refractivity contribution is -0.384. The molecule has 9 nitrogen and oxygen atoms in total.